The van der Waals surface area contributed by atoms with Crippen LogP contribution in [0, 0.1) is 5.92 Å². The molecule has 174 valence electrons. The number of anilines is 1. The van der Waals surface area contributed by atoms with Gasteiger partial charge in [-0.15, -0.1) is 0 Å². The van der Waals surface area contributed by atoms with Crippen LogP contribution >= 0.6 is 11.8 Å². The molecule has 0 unspecified atom stereocenters. The Morgan fingerprint density at radius 1 is 1.15 bits per heavy atom. The van der Waals surface area contributed by atoms with Gasteiger partial charge < -0.3 is 15.2 Å². The fourth-order valence-electron chi connectivity index (χ4n) is 4.09. The van der Waals surface area contributed by atoms with Crippen LogP contribution in [0.3, 0.4) is 0 Å². The summed E-state index contributed by atoms with van der Waals surface area (Å²) in [6.07, 6.45) is 9.26. The molecule has 3 aromatic heterocycles. The van der Waals surface area contributed by atoms with Gasteiger partial charge in [0.1, 0.15) is 0 Å². The first kappa shape index (κ1) is 22.3. The molecule has 0 radical (unpaired) electrons. The van der Waals surface area contributed by atoms with Crippen molar-refractivity contribution < 1.29 is 9.59 Å². The molecule has 0 atom stereocenters. The van der Waals surface area contributed by atoms with Crippen molar-refractivity contribution in [3.05, 3.63) is 65.1 Å². The van der Waals surface area contributed by atoms with Gasteiger partial charge in [-0.1, -0.05) is 6.07 Å². The number of piperidine rings is 1. The molecule has 0 saturated carbocycles. The van der Waals surface area contributed by atoms with Crippen LogP contribution in [0.2, 0.25) is 0 Å². The average Bonchev–Trinajstić information content (AvgIpc) is 3.50. The van der Waals surface area contributed by atoms with Gasteiger partial charge in [0.05, 0.1) is 22.0 Å². The lowest BCUT2D eigenvalue weighted by atomic mass is 9.97. The molecule has 9 nitrogen and oxygen atoms in total. The van der Waals surface area contributed by atoms with E-state index in [4.69, 9.17) is 0 Å². The van der Waals surface area contributed by atoms with Crippen molar-refractivity contribution in [2.24, 2.45) is 5.92 Å². The largest absolute Gasteiger partial charge is 0.360 e. The van der Waals surface area contributed by atoms with Crippen molar-refractivity contribution in [1.82, 2.24) is 30.6 Å². The van der Waals surface area contributed by atoms with Gasteiger partial charge >= 0.3 is 0 Å². The number of hydrogen-bond acceptors (Lipinski definition) is 8. The Morgan fingerprint density at radius 2 is 2.03 bits per heavy atom. The van der Waals surface area contributed by atoms with Gasteiger partial charge in [-0.05, 0) is 73.0 Å². The summed E-state index contributed by atoms with van der Waals surface area (Å²) in [5, 5.41) is 5.47. The Labute approximate surface area is 201 Å². The minimum Gasteiger partial charge on any atom is -0.360 e. The molecule has 0 aromatic carbocycles. The predicted molar refractivity (Wildman–Crippen MR) is 132 cm³/mol. The maximum atomic E-state index is 11.8. The molecule has 0 aliphatic carbocycles. The lowest BCUT2D eigenvalue weighted by Gasteiger charge is -2.32. The van der Waals surface area contributed by atoms with E-state index in [2.05, 4.69) is 41.5 Å². The fraction of sp³-hybridized carbons (Fsp3) is 0.292. The number of carbonyl (C=O) groups excluding carboxylic acids is 2. The SMILES string of the molecule is O=C1NC(=O)C(=Cc2ccnc(N3CCC(CNCc4ccc(-c5ccc[nH]5)nc4)CC3)n2)S1. The van der Waals surface area contributed by atoms with E-state index in [0.717, 1.165) is 62.2 Å². The van der Waals surface area contributed by atoms with Gasteiger partial charge in [0.2, 0.25) is 5.95 Å². The van der Waals surface area contributed by atoms with Gasteiger partial charge in [-0.3, -0.25) is 19.9 Å². The van der Waals surface area contributed by atoms with Crippen LogP contribution in [0.25, 0.3) is 17.5 Å². The monoisotopic (exact) mass is 475 g/mol. The summed E-state index contributed by atoms with van der Waals surface area (Å²) in [6, 6.07) is 9.88. The molecule has 2 aliphatic rings. The molecule has 2 fully saturated rings. The van der Waals surface area contributed by atoms with E-state index in [9.17, 15) is 9.59 Å². The van der Waals surface area contributed by atoms with Gasteiger partial charge in [0.25, 0.3) is 11.1 Å². The van der Waals surface area contributed by atoms with Crippen LogP contribution < -0.4 is 15.5 Å². The van der Waals surface area contributed by atoms with Crippen LogP contribution in [0.15, 0.2) is 53.8 Å². The summed E-state index contributed by atoms with van der Waals surface area (Å²) >= 11 is 0.891. The predicted octanol–water partition coefficient (Wildman–Crippen LogP) is 3.20. The number of aromatic amines is 1. The van der Waals surface area contributed by atoms with Gasteiger partial charge in [-0.2, -0.15) is 0 Å². The Morgan fingerprint density at radius 3 is 2.74 bits per heavy atom. The third-order valence-electron chi connectivity index (χ3n) is 5.94. The molecule has 2 saturated heterocycles. The summed E-state index contributed by atoms with van der Waals surface area (Å²) in [7, 11) is 0. The first-order valence-corrected chi connectivity index (χ1v) is 12.1. The standard InChI is InChI=1S/C24H25N7O2S/c32-22-21(34-24(33)30-22)12-18-5-9-27-23(29-18)31-10-6-16(7-11-31)13-25-14-17-3-4-20(28-15-17)19-2-1-8-26-19/h1-5,8-9,12,15-16,25-26H,6-7,10-11,13-14H2,(H,30,32,33). The molecular formula is C24H25N7O2S. The number of imide groups is 1. The van der Waals surface area contributed by atoms with Crippen molar-refractivity contribution >= 4 is 34.9 Å². The maximum absolute atomic E-state index is 11.8. The van der Waals surface area contributed by atoms with E-state index in [0.29, 0.717) is 22.5 Å². The molecule has 10 heteroatoms. The molecular weight excluding hydrogens is 450 g/mol. The summed E-state index contributed by atoms with van der Waals surface area (Å²) in [6.45, 7) is 3.52. The molecule has 34 heavy (non-hydrogen) atoms. The normalized spacial score (nSPS) is 18.0. The summed E-state index contributed by atoms with van der Waals surface area (Å²) in [5.74, 6) is 0.872. The number of nitrogens with one attached hydrogen (secondary N) is 3. The number of nitrogens with zero attached hydrogens (tertiary/aromatic N) is 4. The van der Waals surface area contributed by atoms with Crippen LogP contribution in [-0.4, -0.2) is 50.7 Å². The quantitative estimate of drug-likeness (QED) is 0.446. The number of carbonyl (C=O) groups is 2. The Balaban J connectivity index is 1.09. The number of H-pyrrole nitrogens is 1. The summed E-state index contributed by atoms with van der Waals surface area (Å²) in [4.78, 5) is 42.4. The Hall–Kier alpha value is -3.50. The number of rotatable bonds is 7. The van der Waals surface area contributed by atoms with Gasteiger partial charge in [-0.25, -0.2) is 9.97 Å². The second-order valence-electron chi connectivity index (χ2n) is 8.33. The highest BCUT2D eigenvalue weighted by atomic mass is 32.2. The van der Waals surface area contributed by atoms with E-state index in [1.807, 2.05) is 30.6 Å². The third-order valence-corrected chi connectivity index (χ3v) is 6.75. The van der Waals surface area contributed by atoms with Crippen molar-refractivity contribution in [2.75, 3.05) is 24.5 Å². The van der Waals surface area contributed by atoms with Crippen LogP contribution in [-0.2, 0) is 11.3 Å². The third kappa shape index (κ3) is 5.35. The zero-order chi connectivity index (χ0) is 23.3. The van der Waals surface area contributed by atoms with Gasteiger partial charge in [0.15, 0.2) is 0 Å². The van der Waals surface area contributed by atoms with Gasteiger partial charge in [0, 0.05) is 38.2 Å². The lowest BCUT2D eigenvalue weighted by Crippen LogP contribution is -2.38. The molecule has 3 N–H and O–H groups in total. The van der Waals surface area contributed by atoms with Crippen LogP contribution in [0.1, 0.15) is 24.1 Å². The number of pyridine rings is 1. The molecule has 5 heterocycles. The topological polar surface area (TPSA) is 116 Å². The number of thioether (sulfide) groups is 1. The molecule has 3 aromatic rings. The zero-order valence-corrected chi connectivity index (χ0v) is 19.3. The maximum Gasteiger partial charge on any atom is 0.290 e. The van der Waals surface area contributed by atoms with Crippen molar-refractivity contribution in [2.45, 2.75) is 19.4 Å². The zero-order valence-electron chi connectivity index (χ0n) is 18.5. The highest BCUT2D eigenvalue weighted by Gasteiger charge is 2.25. The minimum absolute atomic E-state index is 0.355. The Kier molecular flexibility index (Phi) is 6.68. The highest BCUT2D eigenvalue weighted by molar-refractivity contribution is 8.18. The average molecular weight is 476 g/mol. The second kappa shape index (κ2) is 10.2. The Bertz CT molecular complexity index is 1190. The summed E-state index contributed by atoms with van der Waals surface area (Å²) in [5.41, 5.74) is 3.76. The molecule has 0 bridgehead atoms. The smallest absolute Gasteiger partial charge is 0.290 e. The van der Waals surface area contributed by atoms with Crippen molar-refractivity contribution in [1.29, 1.82) is 0 Å². The van der Waals surface area contributed by atoms with Crippen LogP contribution in [0.4, 0.5) is 10.7 Å². The minimum atomic E-state index is -0.379. The van der Waals surface area contributed by atoms with E-state index >= 15 is 0 Å². The second-order valence-corrected chi connectivity index (χ2v) is 9.35. The van der Waals surface area contributed by atoms with E-state index in [-0.39, 0.29) is 11.1 Å². The van der Waals surface area contributed by atoms with E-state index < -0.39 is 0 Å². The first-order chi connectivity index (χ1) is 16.6. The van der Waals surface area contributed by atoms with Crippen LogP contribution in [0.5, 0.6) is 0 Å². The van der Waals surface area contributed by atoms with Crippen molar-refractivity contribution in [3.8, 4) is 11.4 Å². The first-order valence-electron chi connectivity index (χ1n) is 11.3. The molecule has 2 aliphatic heterocycles. The number of amides is 2. The van der Waals surface area contributed by atoms with E-state index in [1.165, 1.54) is 5.56 Å². The number of aromatic nitrogens is 4. The number of hydrogen-bond donors (Lipinski definition) is 3. The fourth-order valence-corrected chi connectivity index (χ4v) is 4.75. The molecule has 5 rings (SSSR count). The van der Waals surface area contributed by atoms with E-state index in [1.54, 1.807) is 18.3 Å². The highest BCUT2D eigenvalue weighted by Crippen LogP contribution is 2.26. The molecule has 2 amide bonds. The molecule has 0 spiro atoms. The van der Waals surface area contributed by atoms with Crippen molar-refractivity contribution in [3.63, 3.8) is 0 Å². The lowest BCUT2D eigenvalue weighted by molar-refractivity contribution is -0.115. The summed E-state index contributed by atoms with van der Waals surface area (Å²) < 4.78 is 0.